The van der Waals surface area contributed by atoms with E-state index in [1.54, 1.807) is 56.6 Å². The predicted octanol–water partition coefficient (Wildman–Crippen LogP) is 3.46. The molecule has 1 aromatic heterocycles. The van der Waals surface area contributed by atoms with Crippen molar-refractivity contribution in [2.24, 2.45) is 0 Å². The van der Waals surface area contributed by atoms with Crippen molar-refractivity contribution in [1.29, 1.82) is 0 Å². The predicted molar refractivity (Wildman–Crippen MR) is 98.4 cm³/mol. The van der Waals surface area contributed by atoms with E-state index in [0.29, 0.717) is 21.9 Å². The second kappa shape index (κ2) is 6.99. The van der Waals surface area contributed by atoms with Crippen LogP contribution < -0.4 is 10.3 Å². The van der Waals surface area contributed by atoms with Gasteiger partial charge in [-0.15, -0.1) is 0 Å². The van der Waals surface area contributed by atoms with Gasteiger partial charge in [0.2, 0.25) is 0 Å². The van der Waals surface area contributed by atoms with E-state index in [9.17, 15) is 9.59 Å². The highest BCUT2D eigenvalue weighted by molar-refractivity contribution is 6.30. The number of pyridine rings is 1. The van der Waals surface area contributed by atoms with E-state index in [4.69, 9.17) is 16.3 Å². The summed E-state index contributed by atoms with van der Waals surface area (Å²) in [7, 11) is 3.24. The lowest BCUT2D eigenvalue weighted by Gasteiger charge is -2.17. The van der Waals surface area contributed by atoms with Gasteiger partial charge in [-0.1, -0.05) is 17.7 Å². The first-order valence-corrected chi connectivity index (χ1v) is 8.06. The molecule has 128 valence electrons. The van der Waals surface area contributed by atoms with Crippen LogP contribution in [-0.4, -0.2) is 29.9 Å². The second-order valence-corrected chi connectivity index (χ2v) is 6.18. The summed E-state index contributed by atoms with van der Waals surface area (Å²) < 4.78 is 5.21. The van der Waals surface area contributed by atoms with Crippen LogP contribution in [0.5, 0.6) is 5.75 Å². The summed E-state index contributed by atoms with van der Waals surface area (Å²) >= 11 is 5.94. The van der Waals surface area contributed by atoms with Crippen molar-refractivity contribution in [3.8, 4) is 5.75 Å². The third-order valence-electron chi connectivity index (χ3n) is 3.95. The van der Waals surface area contributed by atoms with Crippen LogP contribution in [0, 0.1) is 0 Å². The fourth-order valence-electron chi connectivity index (χ4n) is 2.64. The molecule has 6 heteroatoms. The molecule has 1 amide bonds. The standard InChI is InChI=1S/C19H17ClN2O3/c1-22(19(24)12-4-3-5-15(20)9-12)11-14-8-13-10-16(25-2)6-7-17(13)21-18(14)23/h3-10H,11H2,1-2H3,(H,21,23). The highest BCUT2D eigenvalue weighted by Gasteiger charge is 2.14. The molecule has 0 fully saturated rings. The molecule has 0 radical (unpaired) electrons. The van der Waals surface area contributed by atoms with E-state index < -0.39 is 0 Å². The average molecular weight is 357 g/mol. The van der Waals surface area contributed by atoms with Crippen LogP contribution in [-0.2, 0) is 6.54 Å². The lowest BCUT2D eigenvalue weighted by Crippen LogP contribution is -2.29. The zero-order chi connectivity index (χ0) is 18.0. The number of carbonyl (C=O) groups is 1. The molecular weight excluding hydrogens is 340 g/mol. The summed E-state index contributed by atoms with van der Waals surface area (Å²) in [6, 6.07) is 13.9. The maximum Gasteiger partial charge on any atom is 0.253 e. The van der Waals surface area contributed by atoms with Crippen LogP contribution in [0.4, 0.5) is 0 Å². The van der Waals surface area contributed by atoms with Crippen molar-refractivity contribution < 1.29 is 9.53 Å². The molecule has 25 heavy (non-hydrogen) atoms. The molecule has 0 aliphatic rings. The number of aromatic amines is 1. The van der Waals surface area contributed by atoms with Crippen molar-refractivity contribution in [3.63, 3.8) is 0 Å². The molecule has 0 aliphatic carbocycles. The Morgan fingerprint density at radius 2 is 2.00 bits per heavy atom. The number of ether oxygens (including phenoxy) is 1. The fraction of sp³-hybridized carbons (Fsp3) is 0.158. The highest BCUT2D eigenvalue weighted by Crippen LogP contribution is 2.19. The molecule has 1 heterocycles. The van der Waals surface area contributed by atoms with Gasteiger partial charge in [0.15, 0.2) is 0 Å². The summed E-state index contributed by atoms with van der Waals surface area (Å²) in [4.78, 5) is 29.1. The first-order valence-electron chi connectivity index (χ1n) is 7.69. The SMILES string of the molecule is COc1ccc2[nH]c(=O)c(CN(C)C(=O)c3cccc(Cl)c3)cc2c1. The van der Waals surface area contributed by atoms with Crippen molar-refractivity contribution >= 4 is 28.4 Å². The van der Waals surface area contributed by atoms with Crippen molar-refractivity contribution in [2.45, 2.75) is 6.54 Å². The van der Waals surface area contributed by atoms with Crippen molar-refractivity contribution in [3.05, 3.63) is 75.0 Å². The molecule has 2 aromatic carbocycles. The largest absolute Gasteiger partial charge is 0.497 e. The summed E-state index contributed by atoms with van der Waals surface area (Å²) in [5.41, 5.74) is 1.48. The summed E-state index contributed by atoms with van der Waals surface area (Å²) in [6.07, 6.45) is 0. The average Bonchev–Trinajstić information content (AvgIpc) is 2.61. The molecule has 1 N–H and O–H groups in total. The van der Waals surface area contributed by atoms with Gasteiger partial charge in [-0.25, -0.2) is 0 Å². The van der Waals surface area contributed by atoms with Crippen LogP contribution in [0.25, 0.3) is 10.9 Å². The maximum absolute atomic E-state index is 12.5. The zero-order valence-electron chi connectivity index (χ0n) is 13.9. The number of nitrogens with zero attached hydrogens (tertiary/aromatic N) is 1. The van der Waals surface area contributed by atoms with Crippen LogP contribution >= 0.6 is 11.6 Å². The Kier molecular flexibility index (Phi) is 4.76. The number of hydrogen-bond donors (Lipinski definition) is 1. The Bertz CT molecular complexity index is 997. The number of fused-ring (bicyclic) bond motifs is 1. The molecule has 0 saturated carbocycles. The molecule has 0 unspecified atom stereocenters. The lowest BCUT2D eigenvalue weighted by molar-refractivity contribution is 0.0784. The summed E-state index contributed by atoms with van der Waals surface area (Å²) in [5.74, 6) is 0.501. The van der Waals surface area contributed by atoms with E-state index in [1.807, 2.05) is 6.07 Å². The smallest absolute Gasteiger partial charge is 0.253 e. The molecular formula is C19H17ClN2O3. The Labute approximate surface area is 149 Å². The van der Waals surface area contributed by atoms with E-state index in [0.717, 1.165) is 10.9 Å². The number of rotatable bonds is 4. The molecule has 0 aliphatic heterocycles. The highest BCUT2D eigenvalue weighted by atomic mass is 35.5. The van der Waals surface area contributed by atoms with Gasteiger partial charge in [0.05, 0.1) is 13.7 Å². The topological polar surface area (TPSA) is 62.4 Å². The van der Waals surface area contributed by atoms with Gasteiger partial charge in [0, 0.05) is 34.1 Å². The Morgan fingerprint density at radius 3 is 2.72 bits per heavy atom. The number of aromatic nitrogens is 1. The van der Waals surface area contributed by atoms with E-state index in [2.05, 4.69) is 4.98 Å². The quantitative estimate of drug-likeness (QED) is 0.778. The van der Waals surface area contributed by atoms with Gasteiger partial charge in [0.1, 0.15) is 5.75 Å². The van der Waals surface area contributed by atoms with Crippen molar-refractivity contribution in [2.75, 3.05) is 14.2 Å². The molecule has 0 spiro atoms. The minimum absolute atomic E-state index is 0.188. The first kappa shape index (κ1) is 17.0. The number of H-pyrrole nitrogens is 1. The van der Waals surface area contributed by atoms with E-state index in [1.165, 1.54) is 4.90 Å². The Hall–Kier alpha value is -2.79. The van der Waals surface area contributed by atoms with Crippen molar-refractivity contribution in [1.82, 2.24) is 9.88 Å². The number of amides is 1. The Balaban J connectivity index is 1.89. The van der Waals surface area contributed by atoms with Crippen LogP contribution in [0.2, 0.25) is 5.02 Å². The van der Waals surface area contributed by atoms with Gasteiger partial charge in [0.25, 0.3) is 11.5 Å². The third-order valence-corrected chi connectivity index (χ3v) is 4.19. The van der Waals surface area contributed by atoms with Crippen LogP contribution in [0.1, 0.15) is 15.9 Å². The Morgan fingerprint density at radius 1 is 1.20 bits per heavy atom. The maximum atomic E-state index is 12.5. The molecule has 0 atom stereocenters. The molecule has 3 rings (SSSR count). The second-order valence-electron chi connectivity index (χ2n) is 5.75. The molecule has 5 nitrogen and oxygen atoms in total. The van der Waals surface area contributed by atoms with Gasteiger partial charge < -0.3 is 14.6 Å². The minimum Gasteiger partial charge on any atom is -0.497 e. The fourth-order valence-corrected chi connectivity index (χ4v) is 2.83. The normalized spacial score (nSPS) is 10.7. The lowest BCUT2D eigenvalue weighted by atomic mass is 10.1. The number of halogens is 1. The number of carbonyl (C=O) groups excluding carboxylic acids is 1. The third kappa shape index (κ3) is 3.67. The molecule has 3 aromatic rings. The van der Waals surface area contributed by atoms with Gasteiger partial charge in [-0.3, -0.25) is 9.59 Å². The van der Waals surface area contributed by atoms with Crippen LogP contribution in [0.15, 0.2) is 53.3 Å². The monoisotopic (exact) mass is 356 g/mol. The number of nitrogens with one attached hydrogen (secondary N) is 1. The number of benzene rings is 2. The summed E-state index contributed by atoms with van der Waals surface area (Å²) in [5, 5.41) is 1.34. The zero-order valence-corrected chi connectivity index (χ0v) is 14.6. The van der Waals surface area contributed by atoms with Gasteiger partial charge in [-0.05, 0) is 42.5 Å². The molecule has 0 saturated heterocycles. The summed E-state index contributed by atoms with van der Waals surface area (Å²) in [6.45, 7) is 0.188. The number of methoxy groups -OCH3 is 1. The van der Waals surface area contributed by atoms with E-state index >= 15 is 0 Å². The van der Waals surface area contributed by atoms with Crippen LogP contribution in [0.3, 0.4) is 0 Å². The van der Waals surface area contributed by atoms with Gasteiger partial charge in [-0.2, -0.15) is 0 Å². The van der Waals surface area contributed by atoms with E-state index in [-0.39, 0.29) is 18.0 Å². The number of hydrogen-bond acceptors (Lipinski definition) is 3. The molecule has 0 bridgehead atoms. The van der Waals surface area contributed by atoms with Gasteiger partial charge >= 0.3 is 0 Å². The first-order chi connectivity index (χ1) is 12.0. The minimum atomic E-state index is -0.219.